The molecule has 0 N–H and O–H groups in total. The standard InChI is InChI=1S/C15H11F2NO3S/c1-8-13(21-12-6-10(16)5-11(17)7-12)3-4-14-15(8)9(2)18-22(14,19)20/h3-7H,1-2H3. The van der Waals surface area contributed by atoms with Crippen molar-refractivity contribution in [1.82, 2.24) is 0 Å². The van der Waals surface area contributed by atoms with Gasteiger partial charge in [0.1, 0.15) is 23.1 Å². The van der Waals surface area contributed by atoms with Gasteiger partial charge in [-0.25, -0.2) is 8.78 Å². The second kappa shape index (κ2) is 4.88. The molecule has 0 unspecified atom stereocenters. The molecule has 2 aromatic carbocycles. The number of rotatable bonds is 2. The summed E-state index contributed by atoms with van der Waals surface area (Å²) in [7, 11) is -3.67. The van der Waals surface area contributed by atoms with Crippen LogP contribution in [-0.2, 0) is 10.0 Å². The average molecular weight is 323 g/mol. The topological polar surface area (TPSA) is 55.7 Å². The summed E-state index contributed by atoms with van der Waals surface area (Å²) in [6.07, 6.45) is 0. The number of hydrogen-bond donors (Lipinski definition) is 0. The van der Waals surface area contributed by atoms with E-state index in [1.165, 1.54) is 12.1 Å². The predicted molar refractivity (Wildman–Crippen MR) is 77.0 cm³/mol. The molecule has 4 nitrogen and oxygen atoms in total. The van der Waals surface area contributed by atoms with Crippen LogP contribution in [0.2, 0.25) is 0 Å². The van der Waals surface area contributed by atoms with Crippen molar-refractivity contribution in [2.75, 3.05) is 0 Å². The second-order valence-electron chi connectivity index (χ2n) is 4.92. The molecule has 0 bridgehead atoms. The van der Waals surface area contributed by atoms with Crippen LogP contribution in [0.1, 0.15) is 18.1 Å². The van der Waals surface area contributed by atoms with E-state index in [1.54, 1.807) is 13.8 Å². The van der Waals surface area contributed by atoms with Gasteiger partial charge in [0.15, 0.2) is 0 Å². The third kappa shape index (κ3) is 2.37. The van der Waals surface area contributed by atoms with E-state index in [-0.39, 0.29) is 10.6 Å². The molecule has 0 saturated heterocycles. The first-order valence-electron chi connectivity index (χ1n) is 6.37. The first kappa shape index (κ1) is 14.6. The quantitative estimate of drug-likeness (QED) is 0.849. The molecule has 2 aromatic rings. The lowest BCUT2D eigenvalue weighted by atomic mass is 10.0. The van der Waals surface area contributed by atoms with Crippen LogP contribution >= 0.6 is 0 Å². The summed E-state index contributed by atoms with van der Waals surface area (Å²) in [5, 5.41) is 0. The third-order valence-electron chi connectivity index (χ3n) is 3.34. The molecule has 1 heterocycles. The largest absolute Gasteiger partial charge is 0.457 e. The highest BCUT2D eigenvalue weighted by Crippen LogP contribution is 2.35. The summed E-state index contributed by atoms with van der Waals surface area (Å²) < 4.78 is 59.2. The van der Waals surface area contributed by atoms with Crippen LogP contribution in [0.25, 0.3) is 0 Å². The Morgan fingerprint density at radius 1 is 1.05 bits per heavy atom. The Balaban J connectivity index is 2.08. The molecule has 1 aliphatic rings. The van der Waals surface area contributed by atoms with E-state index in [2.05, 4.69) is 4.40 Å². The lowest BCUT2D eigenvalue weighted by molar-refractivity contribution is 0.464. The van der Waals surface area contributed by atoms with Gasteiger partial charge >= 0.3 is 0 Å². The molecule has 0 fully saturated rings. The fourth-order valence-electron chi connectivity index (χ4n) is 2.43. The number of nitrogens with zero attached hydrogens (tertiary/aromatic N) is 1. The number of benzene rings is 2. The first-order valence-corrected chi connectivity index (χ1v) is 7.81. The monoisotopic (exact) mass is 323 g/mol. The Bertz CT molecular complexity index is 900. The summed E-state index contributed by atoms with van der Waals surface area (Å²) in [4.78, 5) is 0.111. The fourth-order valence-corrected chi connectivity index (χ4v) is 3.78. The van der Waals surface area contributed by atoms with E-state index in [4.69, 9.17) is 4.74 Å². The van der Waals surface area contributed by atoms with Crippen molar-refractivity contribution in [3.8, 4) is 11.5 Å². The zero-order valence-corrected chi connectivity index (χ0v) is 12.5. The van der Waals surface area contributed by atoms with Gasteiger partial charge in [0.25, 0.3) is 10.0 Å². The zero-order valence-electron chi connectivity index (χ0n) is 11.7. The molecule has 0 aliphatic carbocycles. The minimum atomic E-state index is -3.67. The van der Waals surface area contributed by atoms with Crippen molar-refractivity contribution < 1.29 is 21.9 Å². The van der Waals surface area contributed by atoms with E-state index in [0.717, 1.165) is 18.2 Å². The molecule has 0 saturated carbocycles. The van der Waals surface area contributed by atoms with Crippen molar-refractivity contribution in [3.05, 3.63) is 53.1 Å². The summed E-state index contributed by atoms with van der Waals surface area (Å²) in [6.45, 7) is 3.26. The summed E-state index contributed by atoms with van der Waals surface area (Å²) in [5.74, 6) is -1.20. The van der Waals surface area contributed by atoms with Gasteiger partial charge in [0.2, 0.25) is 0 Å². The zero-order chi connectivity index (χ0) is 16.1. The van der Waals surface area contributed by atoms with Gasteiger partial charge in [-0.2, -0.15) is 12.8 Å². The molecule has 22 heavy (non-hydrogen) atoms. The Morgan fingerprint density at radius 2 is 1.68 bits per heavy atom. The highest BCUT2D eigenvalue weighted by atomic mass is 32.2. The maximum atomic E-state index is 13.2. The van der Waals surface area contributed by atoms with Crippen LogP contribution in [0.5, 0.6) is 11.5 Å². The fraction of sp³-hybridized carbons (Fsp3) is 0.133. The van der Waals surface area contributed by atoms with Gasteiger partial charge in [0, 0.05) is 29.3 Å². The Labute approximate surface area is 126 Å². The number of ether oxygens (including phenoxy) is 1. The van der Waals surface area contributed by atoms with E-state index in [1.807, 2.05) is 0 Å². The highest BCUT2D eigenvalue weighted by molar-refractivity contribution is 7.90. The van der Waals surface area contributed by atoms with Crippen LogP contribution in [-0.4, -0.2) is 14.1 Å². The minimum Gasteiger partial charge on any atom is -0.457 e. The molecule has 0 spiro atoms. The van der Waals surface area contributed by atoms with Crippen LogP contribution in [0.4, 0.5) is 8.78 Å². The highest BCUT2D eigenvalue weighted by Gasteiger charge is 2.29. The SMILES string of the molecule is CC1=NS(=O)(=O)c2ccc(Oc3cc(F)cc(F)c3)c(C)c21. The third-order valence-corrected chi connectivity index (χ3v) is 4.75. The smallest absolute Gasteiger partial charge is 0.283 e. The van der Waals surface area contributed by atoms with Crippen LogP contribution in [0.3, 0.4) is 0 Å². The van der Waals surface area contributed by atoms with Crippen molar-refractivity contribution in [1.29, 1.82) is 0 Å². The van der Waals surface area contributed by atoms with Crippen LogP contribution in [0.15, 0.2) is 39.6 Å². The van der Waals surface area contributed by atoms with Crippen LogP contribution < -0.4 is 4.74 Å². The van der Waals surface area contributed by atoms with Crippen molar-refractivity contribution in [2.24, 2.45) is 4.40 Å². The number of hydrogen-bond acceptors (Lipinski definition) is 3. The van der Waals surface area contributed by atoms with Crippen molar-refractivity contribution in [2.45, 2.75) is 18.7 Å². The Morgan fingerprint density at radius 3 is 2.32 bits per heavy atom. The lowest BCUT2D eigenvalue weighted by Crippen LogP contribution is -2.00. The molecule has 0 atom stereocenters. The van der Waals surface area contributed by atoms with Crippen molar-refractivity contribution in [3.63, 3.8) is 0 Å². The molecule has 0 amide bonds. The lowest BCUT2D eigenvalue weighted by Gasteiger charge is -2.12. The maximum absolute atomic E-state index is 13.2. The summed E-state index contributed by atoms with van der Waals surface area (Å²) in [6, 6.07) is 5.66. The van der Waals surface area contributed by atoms with Gasteiger partial charge < -0.3 is 4.74 Å². The molecular formula is C15H11F2NO3S. The van der Waals surface area contributed by atoms with Gasteiger partial charge in [-0.15, -0.1) is 0 Å². The molecule has 0 aromatic heterocycles. The van der Waals surface area contributed by atoms with E-state index in [9.17, 15) is 17.2 Å². The average Bonchev–Trinajstić information content (AvgIpc) is 2.62. The summed E-state index contributed by atoms with van der Waals surface area (Å²) in [5.41, 5.74) is 1.38. The molecule has 7 heteroatoms. The van der Waals surface area contributed by atoms with E-state index < -0.39 is 21.7 Å². The first-order chi connectivity index (χ1) is 10.3. The predicted octanol–water partition coefficient (Wildman–Crippen LogP) is 3.58. The number of fused-ring (bicyclic) bond motifs is 1. The number of sulfonamides is 1. The van der Waals surface area contributed by atoms with Crippen LogP contribution in [0, 0.1) is 18.6 Å². The molecule has 0 radical (unpaired) electrons. The van der Waals surface area contributed by atoms with Gasteiger partial charge in [-0.1, -0.05) is 0 Å². The maximum Gasteiger partial charge on any atom is 0.283 e. The number of halogens is 2. The normalized spacial score (nSPS) is 15.4. The van der Waals surface area contributed by atoms with Gasteiger partial charge in [0.05, 0.1) is 10.6 Å². The van der Waals surface area contributed by atoms with Gasteiger partial charge in [-0.05, 0) is 26.0 Å². The molecule has 1 aliphatic heterocycles. The molecular weight excluding hydrogens is 312 g/mol. The van der Waals surface area contributed by atoms with Gasteiger partial charge in [-0.3, -0.25) is 0 Å². The summed E-state index contributed by atoms with van der Waals surface area (Å²) >= 11 is 0. The molecule has 3 rings (SSSR count). The minimum absolute atomic E-state index is 0.00371. The molecule has 114 valence electrons. The van der Waals surface area contributed by atoms with E-state index >= 15 is 0 Å². The Hall–Kier alpha value is -2.28. The second-order valence-corrected chi connectivity index (χ2v) is 6.49. The van der Waals surface area contributed by atoms with Crippen molar-refractivity contribution >= 4 is 15.7 Å². The Kier molecular flexibility index (Phi) is 3.25. The van der Waals surface area contributed by atoms with E-state index in [0.29, 0.717) is 22.6 Å².